The maximum Gasteiger partial charge on any atom is 0.233 e. The topological polar surface area (TPSA) is 157 Å². The number of nitrogens with zero attached hydrogens (tertiary/aromatic N) is 10. The lowest BCUT2D eigenvalue weighted by atomic mass is 10.0. The number of ether oxygens (including phenoxy) is 2. The summed E-state index contributed by atoms with van der Waals surface area (Å²) < 4.78 is 38.5. The third kappa shape index (κ3) is 15.0. The van der Waals surface area contributed by atoms with Crippen LogP contribution in [0.4, 0.5) is 55.8 Å². The lowest BCUT2D eigenvalue weighted by molar-refractivity contribution is 0.252. The van der Waals surface area contributed by atoms with Crippen LogP contribution < -0.4 is 40.5 Å². The van der Waals surface area contributed by atoms with Gasteiger partial charge in [-0.2, -0.15) is 29.9 Å². The first-order chi connectivity index (χ1) is 32.0. The Hall–Kier alpha value is -5.07. The van der Waals surface area contributed by atoms with Crippen LogP contribution in [0.1, 0.15) is 103 Å². The summed E-state index contributed by atoms with van der Waals surface area (Å²) in [5, 5.41) is 13.4. The summed E-state index contributed by atoms with van der Waals surface area (Å²) in [6, 6.07) is 11.0. The van der Waals surface area contributed by atoms with Crippen LogP contribution in [0.25, 0.3) is 0 Å². The average molecular weight is 952 g/mol. The van der Waals surface area contributed by atoms with Gasteiger partial charge in [-0.25, -0.2) is 8.78 Å². The molecule has 4 aromatic rings. The maximum atomic E-state index is 14.2. The summed E-state index contributed by atoms with van der Waals surface area (Å²) >= 11 is 0. The minimum atomic E-state index is -0.433. The first kappa shape index (κ1) is 51.3. The van der Waals surface area contributed by atoms with Gasteiger partial charge >= 0.3 is 0 Å². The predicted octanol–water partition coefficient (Wildman–Crippen LogP) is 9.28. The molecule has 0 bridgehead atoms. The maximum absolute atomic E-state index is 14.2. The molecule has 2 aromatic heterocycles. The van der Waals surface area contributed by atoms with Gasteiger partial charge in [0, 0.05) is 61.8 Å². The third-order valence-corrected chi connectivity index (χ3v) is 13.5. The molecule has 16 nitrogen and oxygen atoms in total. The summed E-state index contributed by atoms with van der Waals surface area (Å²) in [7, 11) is 11.3. The zero-order chi connectivity index (χ0) is 46.4. The Balaban J connectivity index is 0.000000218. The average Bonchev–Trinajstić information content (AvgIpc) is 3.74. The van der Waals surface area contributed by atoms with Crippen molar-refractivity contribution >= 4 is 59.5 Å². The highest BCUT2D eigenvalue weighted by Gasteiger charge is 2.26. The number of aromatic nitrogens is 6. The van der Waals surface area contributed by atoms with Crippen molar-refractivity contribution in [2.24, 2.45) is 0 Å². The van der Waals surface area contributed by atoms with Crippen LogP contribution in [-0.4, -0.2) is 132 Å². The fraction of sp³-hybridized carbons (Fsp3) is 0.625. The van der Waals surface area contributed by atoms with Gasteiger partial charge in [0.05, 0.1) is 14.2 Å². The largest absolute Gasteiger partial charge is 0.494 e. The van der Waals surface area contributed by atoms with Crippen LogP contribution in [0, 0.1) is 11.6 Å². The van der Waals surface area contributed by atoms with Crippen molar-refractivity contribution in [3.63, 3.8) is 0 Å². The molecule has 0 radical (unpaired) electrons. The van der Waals surface area contributed by atoms with Gasteiger partial charge in [0.25, 0.3) is 0 Å². The van der Waals surface area contributed by atoms with E-state index in [2.05, 4.69) is 79.0 Å². The first-order valence-corrected chi connectivity index (χ1v) is 24.1. The van der Waals surface area contributed by atoms with Crippen molar-refractivity contribution in [3.05, 3.63) is 48.0 Å². The van der Waals surface area contributed by atoms with E-state index < -0.39 is 11.6 Å². The summed E-state index contributed by atoms with van der Waals surface area (Å²) in [6.07, 6.45) is 18.8. The van der Waals surface area contributed by atoms with Gasteiger partial charge in [-0.05, 0) is 116 Å². The second kappa shape index (κ2) is 25.3. The van der Waals surface area contributed by atoms with Crippen molar-refractivity contribution < 1.29 is 18.3 Å². The van der Waals surface area contributed by atoms with Crippen LogP contribution in [-0.2, 0) is 0 Å². The highest BCUT2D eigenvalue weighted by molar-refractivity contribution is 5.85. The van der Waals surface area contributed by atoms with E-state index >= 15 is 0 Å². The lowest BCUT2D eigenvalue weighted by Gasteiger charge is -2.35. The van der Waals surface area contributed by atoms with Gasteiger partial charge in [-0.3, -0.25) is 0 Å². The van der Waals surface area contributed by atoms with E-state index in [4.69, 9.17) is 29.4 Å². The van der Waals surface area contributed by atoms with Crippen molar-refractivity contribution in [1.29, 1.82) is 0 Å². The van der Waals surface area contributed by atoms with E-state index in [0.717, 1.165) is 77.5 Å². The number of nitrogens with one attached hydrogen (secondary N) is 4. The molecule has 8 rings (SSSR count). The van der Waals surface area contributed by atoms with Gasteiger partial charge in [0.2, 0.25) is 35.7 Å². The first-order valence-electron chi connectivity index (χ1n) is 24.1. The Kier molecular flexibility index (Phi) is 19.4. The van der Waals surface area contributed by atoms with E-state index in [1.54, 1.807) is 24.3 Å². The number of anilines is 8. The molecule has 4 fully saturated rings. The molecule has 0 spiro atoms. The van der Waals surface area contributed by atoms with Gasteiger partial charge < -0.3 is 50.3 Å². The Morgan fingerprint density at radius 2 is 0.851 bits per heavy atom. The number of methoxy groups -OCH3 is 2. The Morgan fingerprint density at radius 1 is 0.507 bits per heavy atom. The molecule has 2 aliphatic carbocycles. The molecule has 67 heavy (non-hydrogen) atoms. The fourth-order valence-electron chi connectivity index (χ4n) is 9.34. The minimum Gasteiger partial charge on any atom is -0.494 e. The Morgan fingerprint density at radius 3 is 1.18 bits per heavy atom. The smallest absolute Gasteiger partial charge is 0.233 e. The van der Waals surface area contributed by atoms with Gasteiger partial charge in [0.1, 0.15) is 0 Å². The molecular formula is C48H73ClF2N14O2. The zero-order valence-electron chi connectivity index (χ0n) is 40.4. The molecule has 2 saturated heterocycles. The predicted molar refractivity (Wildman–Crippen MR) is 267 cm³/mol. The molecule has 4 aliphatic rings. The Labute approximate surface area is 402 Å². The van der Waals surface area contributed by atoms with Crippen molar-refractivity contribution in [3.8, 4) is 11.5 Å². The number of hydrogen-bond donors (Lipinski definition) is 4. The van der Waals surface area contributed by atoms with Crippen LogP contribution in [0.2, 0.25) is 0 Å². The van der Waals surface area contributed by atoms with Crippen molar-refractivity contribution in [2.75, 3.05) is 99.7 Å². The number of hydrogen-bond acceptors (Lipinski definition) is 16. The van der Waals surface area contributed by atoms with Crippen LogP contribution >= 0.6 is 12.4 Å². The fourth-order valence-corrected chi connectivity index (χ4v) is 9.34. The van der Waals surface area contributed by atoms with Gasteiger partial charge in [0.15, 0.2) is 23.1 Å². The highest BCUT2D eigenvalue weighted by Crippen LogP contribution is 2.29. The normalized spacial score (nSPS) is 18.3. The van der Waals surface area contributed by atoms with E-state index in [-0.39, 0.29) is 23.9 Å². The number of rotatable bonds is 14. The lowest BCUT2D eigenvalue weighted by Crippen LogP contribution is -2.42. The van der Waals surface area contributed by atoms with Crippen LogP contribution in [0.15, 0.2) is 36.4 Å². The molecule has 368 valence electrons. The van der Waals surface area contributed by atoms with E-state index in [9.17, 15) is 8.78 Å². The quantitative estimate of drug-likeness (QED) is 0.0886. The zero-order valence-corrected chi connectivity index (χ0v) is 41.2. The molecule has 19 heteroatoms. The van der Waals surface area contributed by atoms with Gasteiger partial charge in [-0.15, -0.1) is 12.4 Å². The third-order valence-electron chi connectivity index (χ3n) is 13.5. The Bertz CT molecular complexity index is 1980. The second-order valence-electron chi connectivity index (χ2n) is 18.5. The summed E-state index contributed by atoms with van der Waals surface area (Å²) in [4.78, 5) is 37.2. The summed E-state index contributed by atoms with van der Waals surface area (Å²) in [5.41, 5.74) is 1.13. The molecule has 4 N–H and O–H groups in total. The van der Waals surface area contributed by atoms with Crippen LogP contribution in [0.5, 0.6) is 11.5 Å². The molecule has 2 aromatic carbocycles. The molecule has 2 aliphatic heterocycles. The van der Waals surface area contributed by atoms with Crippen LogP contribution in [0.3, 0.4) is 0 Å². The minimum absolute atomic E-state index is 0. The highest BCUT2D eigenvalue weighted by atomic mass is 35.5. The molecule has 0 amide bonds. The number of benzene rings is 2. The SMILES string of the molecule is COc1ccc(Nc2nc(NC3CCCCCC3)nc(N(C)C3CCN(C)CC3)n2)cc1F.COc1ccc(Nc2nc(NC3CCCCCC3)nc(N(C)C3CCN(C)CC3)n2)cc1F.Cl. The van der Waals surface area contributed by atoms with Gasteiger partial charge in [-0.1, -0.05) is 51.4 Å². The summed E-state index contributed by atoms with van der Waals surface area (Å²) in [5.74, 6) is 2.75. The van der Waals surface area contributed by atoms with E-state index in [1.807, 2.05) is 0 Å². The van der Waals surface area contributed by atoms with Crippen molar-refractivity contribution in [1.82, 2.24) is 39.7 Å². The summed E-state index contributed by atoms with van der Waals surface area (Å²) in [6.45, 7) is 4.24. The molecule has 0 unspecified atom stereocenters. The standard InChI is InChI=1S/2C24H36FN7O.ClH/c2*1-31-14-12-19(13-15-31)32(2)24-29-22(26-17-8-6-4-5-7-9-17)28-23(30-24)27-18-10-11-21(33-3)20(25)16-18;/h2*10-11,16-17,19H,4-9,12-15H2,1-3H3,(H2,26,27,28,29,30);1H. The monoisotopic (exact) mass is 951 g/mol. The number of likely N-dealkylation sites (tertiary alicyclic amines) is 2. The molecule has 2 saturated carbocycles. The number of halogens is 3. The second-order valence-corrected chi connectivity index (χ2v) is 18.5. The molecular weight excluding hydrogens is 878 g/mol. The van der Waals surface area contributed by atoms with Crippen molar-refractivity contribution in [2.45, 2.75) is 127 Å². The number of piperidine rings is 2. The molecule has 0 atom stereocenters. The van der Waals surface area contributed by atoms with E-state index in [1.165, 1.54) is 77.7 Å². The molecule has 4 heterocycles. The van der Waals surface area contributed by atoms with E-state index in [0.29, 0.717) is 71.2 Å².